The van der Waals surface area contributed by atoms with Crippen LogP contribution in [0.4, 0.5) is 0 Å². The van der Waals surface area contributed by atoms with Crippen molar-refractivity contribution in [2.45, 2.75) is 30.9 Å². The first-order chi connectivity index (χ1) is 6.83. The average molecular weight is 234 g/mol. The van der Waals surface area contributed by atoms with Gasteiger partial charge in [-0.3, -0.25) is 4.79 Å². The Hall–Kier alpha value is 0.130. The van der Waals surface area contributed by atoms with Gasteiger partial charge in [0.15, 0.2) is 0 Å². The van der Waals surface area contributed by atoms with Gasteiger partial charge in [0.05, 0.1) is 0 Å². The van der Waals surface area contributed by atoms with Crippen LogP contribution in [0, 0.1) is 0 Å². The highest BCUT2D eigenvalue weighted by atomic mass is 33.1. The number of nitrogens with two attached hydrogens (primary N) is 1. The van der Waals surface area contributed by atoms with Gasteiger partial charge in [-0.1, -0.05) is 21.6 Å². The van der Waals surface area contributed by atoms with Gasteiger partial charge in [-0.2, -0.15) is 0 Å². The van der Waals surface area contributed by atoms with E-state index in [1.54, 1.807) is 0 Å². The van der Waals surface area contributed by atoms with Crippen LogP contribution in [0.3, 0.4) is 0 Å². The van der Waals surface area contributed by atoms with Crippen molar-refractivity contribution in [2.75, 3.05) is 18.8 Å². The van der Waals surface area contributed by atoms with E-state index in [0.717, 1.165) is 11.7 Å². The van der Waals surface area contributed by atoms with Crippen molar-refractivity contribution >= 4 is 27.5 Å². The van der Waals surface area contributed by atoms with Gasteiger partial charge in [-0.05, 0) is 19.3 Å². The molecule has 0 aromatic rings. The van der Waals surface area contributed by atoms with Crippen LogP contribution in [0.25, 0.3) is 0 Å². The predicted octanol–water partition coefficient (Wildman–Crippen LogP) is 1.39. The monoisotopic (exact) mass is 234 g/mol. The van der Waals surface area contributed by atoms with E-state index in [9.17, 15) is 4.79 Å². The van der Waals surface area contributed by atoms with E-state index in [4.69, 9.17) is 5.73 Å². The summed E-state index contributed by atoms with van der Waals surface area (Å²) in [5, 5.41) is 3.56. The van der Waals surface area contributed by atoms with E-state index < -0.39 is 0 Å². The molecule has 1 saturated heterocycles. The maximum Gasteiger partial charge on any atom is 0.220 e. The number of hydrogen-bond acceptors (Lipinski definition) is 4. The van der Waals surface area contributed by atoms with Crippen LogP contribution >= 0.6 is 21.6 Å². The molecular formula is C9H18N2OS2. The molecule has 0 saturated carbocycles. The Morgan fingerprint density at radius 1 is 1.57 bits per heavy atom. The molecule has 14 heavy (non-hydrogen) atoms. The quantitative estimate of drug-likeness (QED) is 0.682. The highest BCUT2D eigenvalue weighted by Gasteiger charge is 2.16. The second kappa shape index (κ2) is 7.43. The predicted molar refractivity (Wildman–Crippen MR) is 64.4 cm³/mol. The first-order valence-electron chi connectivity index (χ1n) is 5.08. The molecule has 1 rings (SSSR count). The molecule has 1 amide bonds. The minimum atomic E-state index is 0.145. The topological polar surface area (TPSA) is 55.1 Å². The summed E-state index contributed by atoms with van der Waals surface area (Å²) in [6, 6.07) is 0. The molecule has 0 radical (unpaired) electrons. The van der Waals surface area contributed by atoms with Gasteiger partial charge in [0.1, 0.15) is 0 Å². The van der Waals surface area contributed by atoms with Crippen molar-refractivity contribution in [1.82, 2.24) is 5.32 Å². The number of rotatable bonds is 6. The van der Waals surface area contributed by atoms with Crippen LogP contribution in [-0.4, -0.2) is 30.0 Å². The third kappa shape index (κ3) is 5.12. The van der Waals surface area contributed by atoms with Crippen molar-refractivity contribution in [3.63, 3.8) is 0 Å². The van der Waals surface area contributed by atoms with Crippen molar-refractivity contribution in [3.05, 3.63) is 0 Å². The average Bonchev–Trinajstić information content (AvgIpc) is 2.67. The van der Waals surface area contributed by atoms with E-state index >= 15 is 0 Å². The molecule has 1 aliphatic rings. The van der Waals surface area contributed by atoms with Crippen LogP contribution in [0.1, 0.15) is 25.7 Å². The molecule has 1 heterocycles. The standard InChI is InChI=1S/C9H18N2OS2/c10-5-6-11-9(12)3-1-2-8-4-7-13-14-8/h8H,1-7,10H2,(H,11,12). The van der Waals surface area contributed by atoms with Gasteiger partial charge in [-0.15, -0.1) is 0 Å². The van der Waals surface area contributed by atoms with Gasteiger partial charge < -0.3 is 11.1 Å². The Balaban J connectivity index is 1.94. The molecule has 3 N–H and O–H groups in total. The zero-order valence-corrected chi connectivity index (χ0v) is 9.96. The Labute approximate surface area is 93.4 Å². The Morgan fingerprint density at radius 2 is 2.43 bits per heavy atom. The summed E-state index contributed by atoms with van der Waals surface area (Å²) in [5.74, 6) is 1.42. The number of amides is 1. The smallest absolute Gasteiger partial charge is 0.220 e. The molecule has 82 valence electrons. The van der Waals surface area contributed by atoms with Gasteiger partial charge >= 0.3 is 0 Å². The molecule has 0 spiro atoms. The highest BCUT2D eigenvalue weighted by molar-refractivity contribution is 8.77. The zero-order chi connectivity index (χ0) is 10.2. The summed E-state index contributed by atoms with van der Waals surface area (Å²) in [6.07, 6.45) is 4.14. The molecule has 1 aliphatic heterocycles. The summed E-state index contributed by atoms with van der Waals surface area (Å²) in [5.41, 5.74) is 5.28. The molecule has 3 nitrogen and oxygen atoms in total. The Kier molecular flexibility index (Phi) is 6.47. The highest BCUT2D eigenvalue weighted by Crippen LogP contribution is 2.39. The second-order valence-electron chi connectivity index (χ2n) is 3.36. The van der Waals surface area contributed by atoms with Crippen molar-refractivity contribution < 1.29 is 4.79 Å². The summed E-state index contributed by atoms with van der Waals surface area (Å²) >= 11 is 0. The van der Waals surface area contributed by atoms with Crippen molar-refractivity contribution in [1.29, 1.82) is 0 Å². The summed E-state index contributed by atoms with van der Waals surface area (Å²) in [4.78, 5) is 11.2. The molecule has 1 fully saturated rings. The van der Waals surface area contributed by atoms with Crippen LogP contribution in [-0.2, 0) is 4.79 Å². The van der Waals surface area contributed by atoms with Gasteiger partial charge in [0.25, 0.3) is 0 Å². The molecule has 0 aliphatic carbocycles. The molecule has 0 bridgehead atoms. The summed E-state index contributed by atoms with van der Waals surface area (Å²) in [7, 11) is 3.93. The minimum Gasteiger partial charge on any atom is -0.355 e. The molecule has 0 aromatic heterocycles. The van der Waals surface area contributed by atoms with E-state index in [0.29, 0.717) is 19.5 Å². The second-order valence-corrected chi connectivity index (χ2v) is 6.15. The number of nitrogens with one attached hydrogen (secondary N) is 1. The normalized spacial score (nSPS) is 21.1. The summed E-state index contributed by atoms with van der Waals surface area (Å²) in [6.45, 7) is 1.13. The largest absolute Gasteiger partial charge is 0.355 e. The maximum atomic E-state index is 11.2. The first kappa shape index (κ1) is 12.2. The van der Waals surface area contributed by atoms with Crippen molar-refractivity contribution in [2.24, 2.45) is 5.73 Å². The molecular weight excluding hydrogens is 216 g/mol. The van der Waals surface area contributed by atoms with E-state index in [1.807, 2.05) is 21.6 Å². The number of carbonyl (C=O) groups excluding carboxylic acids is 1. The van der Waals surface area contributed by atoms with Crippen LogP contribution in [0.2, 0.25) is 0 Å². The lowest BCUT2D eigenvalue weighted by atomic mass is 10.1. The van der Waals surface area contributed by atoms with Crippen LogP contribution < -0.4 is 11.1 Å². The fraction of sp³-hybridized carbons (Fsp3) is 0.889. The van der Waals surface area contributed by atoms with Crippen molar-refractivity contribution in [3.8, 4) is 0 Å². The number of carbonyl (C=O) groups is 1. The third-order valence-electron chi connectivity index (χ3n) is 2.12. The molecule has 5 heteroatoms. The van der Waals surface area contributed by atoms with E-state index in [-0.39, 0.29) is 5.91 Å². The number of hydrogen-bond donors (Lipinski definition) is 2. The maximum absolute atomic E-state index is 11.2. The van der Waals surface area contributed by atoms with E-state index in [1.165, 1.54) is 18.6 Å². The molecule has 0 aromatic carbocycles. The Morgan fingerprint density at radius 3 is 3.07 bits per heavy atom. The van der Waals surface area contributed by atoms with Gasteiger partial charge in [0.2, 0.25) is 5.91 Å². The van der Waals surface area contributed by atoms with E-state index in [2.05, 4.69) is 5.32 Å². The minimum absolute atomic E-state index is 0.145. The molecule has 1 unspecified atom stereocenters. The Bertz CT molecular complexity index is 172. The zero-order valence-electron chi connectivity index (χ0n) is 8.33. The SMILES string of the molecule is NCCNC(=O)CCCC1CCSS1. The lowest BCUT2D eigenvalue weighted by Crippen LogP contribution is -2.28. The van der Waals surface area contributed by atoms with Gasteiger partial charge in [-0.25, -0.2) is 0 Å². The fourth-order valence-electron chi connectivity index (χ4n) is 1.35. The molecule has 1 atom stereocenters. The lowest BCUT2D eigenvalue weighted by Gasteiger charge is -2.06. The fourth-order valence-corrected chi connectivity index (χ4v) is 4.38. The third-order valence-corrected chi connectivity index (χ3v) is 5.13. The van der Waals surface area contributed by atoms with Crippen LogP contribution in [0.15, 0.2) is 0 Å². The summed E-state index contributed by atoms with van der Waals surface area (Å²) < 4.78 is 0. The van der Waals surface area contributed by atoms with Gasteiger partial charge in [0, 0.05) is 30.5 Å². The first-order valence-corrected chi connectivity index (χ1v) is 7.46. The van der Waals surface area contributed by atoms with Crippen LogP contribution in [0.5, 0.6) is 0 Å². The lowest BCUT2D eigenvalue weighted by molar-refractivity contribution is -0.121.